The zero-order valence-electron chi connectivity index (χ0n) is 16.5. The van der Waals surface area contributed by atoms with E-state index in [1.54, 1.807) is 20.2 Å². The average molecular weight is 369 g/mol. The summed E-state index contributed by atoms with van der Waals surface area (Å²) in [5.41, 5.74) is 1.74. The van der Waals surface area contributed by atoms with Gasteiger partial charge in [0.05, 0.1) is 6.04 Å². The molecule has 0 unspecified atom stereocenters. The summed E-state index contributed by atoms with van der Waals surface area (Å²) in [4.78, 5) is 38.4. The second kappa shape index (κ2) is 8.66. The third-order valence-corrected chi connectivity index (χ3v) is 4.52. The fourth-order valence-electron chi connectivity index (χ4n) is 2.65. The number of nitrogens with one attached hydrogen (secondary N) is 1. The molecule has 0 aliphatic rings. The first kappa shape index (κ1) is 20.4. The molecule has 0 aliphatic carbocycles. The van der Waals surface area contributed by atoms with E-state index in [1.165, 1.54) is 27.3 Å². The van der Waals surface area contributed by atoms with E-state index in [4.69, 9.17) is 0 Å². The second-order valence-corrected chi connectivity index (χ2v) is 7.16. The number of likely N-dealkylation sites (N-methyl/N-ethyl adjacent to an activating group) is 1. The Hall–Kier alpha value is -2.89. The van der Waals surface area contributed by atoms with E-state index in [0.29, 0.717) is 5.92 Å². The van der Waals surface area contributed by atoms with Gasteiger partial charge in [-0.1, -0.05) is 38.1 Å². The summed E-state index contributed by atoms with van der Waals surface area (Å²) in [5, 5.41) is 2.86. The maximum Gasteiger partial charge on any atom is 0.263 e. The van der Waals surface area contributed by atoms with Crippen molar-refractivity contribution in [3.05, 3.63) is 69.6 Å². The minimum Gasteiger partial charge on any atom is -0.347 e. The molecule has 2 rings (SSSR count). The summed E-state index contributed by atoms with van der Waals surface area (Å²) < 4.78 is 1.25. The van der Waals surface area contributed by atoms with Crippen LogP contribution in [0.1, 0.15) is 54.2 Å². The Morgan fingerprint density at radius 1 is 1.04 bits per heavy atom. The van der Waals surface area contributed by atoms with Crippen LogP contribution in [0, 0.1) is 0 Å². The highest BCUT2D eigenvalue weighted by Crippen LogP contribution is 2.18. The van der Waals surface area contributed by atoms with E-state index >= 15 is 0 Å². The van der Waals surface area contributed by atoms with Crippen LogP contribution in [0.4, 0.5) is 0 Å². The fraction of sp³-hybridized carbons (Fsp3) is 0.381. The molecular formula is C21H27N3O3. The molecule has 0 spiro atoms. The summed E-state index contributed by atoms with van der Waals surface area (Å²) in [6.45, 7) is 6.03. The highest BCUT2D eigenvalue weighted by molar-refractivity contribution is 5.94. The van der Waals surface area contributed by atoms with Crippen LogP contribution < -0.4 is 10.9 Å². The van der Waals surface area contributed by atoms with Crippen molar-refractivity contribution in [1.82, 2.24) is 14.8 Å². The average Bonchev–Trinajstić information content (AvgIpc) is 2.63. The molecule has 0 saturated heterocycles. The third kappa shape index (κ3) is 5.06. The molecule has 2 aromatic rings. The Morgan fingerprint density at radius 2 is 1.63 bits per heavy atom. The van der Waals surface area contributed by atoms with Gasteiger partial charge >= 0.3 is 0 Å². The van der Waals surface area contributed by atoms with Crippen molar-refractivity contribution in [3.8, 4) is 0 Å². The van der Waals surface area contributed by atoms with Gasteiger partial charge in [-0.2, -0.15) is 0 Å². The first-order valence-electron chi connectivity index (χ1n) is 9.01. The minimum absolute atomic E-state index is 0.0229. The largest absolute Gasteiger partial charge is 0.347 e. The normalized spacial score (nSPS) is 11.9. The van der Waals surface area contributed by atoms with Crippen LogP contribution in [-0.4, -0.2) is 35.4 Å². The fourth-order valence-corrected chi connectivity index (χ4v) is 2.65. The Balaban J connectivity index is 2.15. The number of carbonyl (C=O) groups excluding carboxylic acids is 2. The summed E-state index contributed by atoms with van der Waals surface area (Å²) in [7, 11) is 3.24. The van der Waals surface area contributed by atoms with Crippen LogP contribution >= 0.6 is 0 Å². The van der Waals surface area contributed by atoms with E-state index < -0.39 is 11.5 Å². The molecule has 144 valence electrons. The highest BCUT2D eigenvalue weighted by atomic mass is 16.2. The summed E-state index contributed by atoms with van der Waals surface area (Å²) in [6, 6.07) is 10.9. The number of carbonyl (C=O) groups is 2. The topological polar surface area (TPSA) is 71.4 Å². The smallest absolute Gasteiger partial charge is 0.263 e. The minimum atomic E-state index is -0.479. The summed E-state index contributed by atoms with van der Waals surface area (Å²) in [5.74, 6) is -0.225. The molecule has 6 heteroatoms. The molecule has 1 aromatic heterocycles. The number of nitrogens with zero attached hydrogens (tertiary/aromatic N) is 2. The molecule has 0 bridgehead atoms. The molecule has 1 atom stereocenters. The number of hydrogen-bond donors (Lipinski definition) is 1. The molecule has 0 aliphatic heterocycles. The van der Waals surface area contributed by atoms with Crippen molar-refractivity contribution >= 4 is 11.8 Å². The lowest BCUT2D eigenvalue weighted by Gasteiger charge is -2.16. The zero-order chi connectivity index (χ0) is 20.1. The SMILES string of the molecule is CC(C)c1ccc([C@H](C)NC(=O)c2cccn(CC(=O)N(C)C)c2=O)cc1. The molecule has 1 heterocycles. The third-order valence-electron chi connectivity index (χ3n) is 4.52. The maximum absolute atomic E-state index is 12.6. The van der Waals surface area contributed by atoms with Crippen LogP contribution in [0.25, 0.3) is 0 Å². The number of hydrogen-bond acceptors (Lipinski definition) is 3. The van der Waals surface area contributed by atoms with E-state index in [0.717, 1.165) is 5.56 Å². The number of amides is 2. The van der Waals surface area contributed by atoms with Gasteiger partial charge in [0.2, 0.25) is 5.91 Å². The van der Waals surface area contributed by atoms with Gasteiger partial charge in [0.15, 0.2) is 0 Å². The van der Waals surface area contributed by atoms with Crippen molar-refractivity contribution in [2.75, 3.05) is 14.1 Å². The van der Waals surface area contributed by atoms with Gasteiger partial charge < -0.3 is 14.8 Å². The molecule has 0 fully saturated rings. The molecule has 1 N–H and O–H groups in total. The van der Waals surface area contributed by atoms with Crippen molar-refractivity contribution in [2.45, 2.75) is 39.3 Å². The second-order valence-electron chi connectivity index (χ2n) is 7.16. The lowest BCUT2D eigenvalue weighted by molar-refractivity contribution is -0.129. The number of rotatable bonds is 6. The lowest BCUT2D eigenvalue weighted by atomic mass is 9.99. The standard InChI is InChI=1S/C21H27N3O3/c1-14(2)16-8-10-17(11-9-16)15(3)22-20(26)18-7-6-12-24(21(18)27)13-19(25)23(4)5/h6-12,14-15H,13H2,1-5H3,(H,22,26)/t15-/m0/s1. The Labute approximate surface area is 159 Å². The highest BCUT2D eigenvalue weighted by Gasteiger charge is 2.17. The summed E-state index contributed by atoms with van der Waals surface area (Å²) >= 11 is 0. The van der Waals surface area contributed by atoms with Gasteiger partial charge in [-0.15, -0.1) is 0 Å². The van der Waals surface area contributed by atoms with Crippen molar-refractivity contribution in [2.24, 2.45) is 0 Å². The lowest BCUT2D eigenvalue weighted by Crippen LogP contribution is -2.36. The first-order valence-corrected chi connectivity index (χ1v) is 9.01. The van der Waals surface area contributed by atoms with Crippen LogP contribution in [0.3, 0.4) is 0 Å². The van der Waals surface area contributed by atoms with Crippen molar-refractivity contribution in [1.29, 1.82) is 0 Å². The van der Waals surface area contributed by atoms with Crippen LogP contribution in [-0.2, 0) is 11.3 Å². The molecule has 0 saturated carbocycles. The first-order chi connectivity index (χ1) is 12.7. The number of aromatic nitrogens is 1. The number of pyridine rings is 1. The Bertz CT molecular complexity index is 867. The van der Waals surface area contributed by atoms with Gasteiger partial charge in [-0.3, -0.25) is 14.4 Å². The molecule has 0 radical (unpaired) electrons. The molecule has 1 aromatic carbocycles. The van der Waals surface area contributed by atoms with Gasteiger partial charge in [0, 0.05) is 20.3 Å². The molecule has 2 amide bonds. The van der Waals surface area contributed by atoms with Gasteiger partial charge in [-0.25, -0.2) is 0 Å². The van der Waals surface area contributed by atoms with E-state index in [-0.39, 0.29) is 24.1 Å². The predicted molar refractivity (Wildman–Crippen MR) is 106 cm³/mol. The van der Waals surface area contributed by atoms with Gasteiger partial charge in [-0.05, 0) is 36.1 Å². The summed E-state index contributed by atoms with van der Waals surface area (Å²) in [6.07, 6.45) is 1.51. The predicted octanol–water partition coefficient (Wildman–Crippen LogP) is 2.55. The maximum atomic E-state index is 12.6. The van der Waals surface area contributed by atoms with Gasteiger partial charge in [0.25, 0.3) is 11.5 Å². The van der Waals surface area contributed by atoms with Crippen LogP contribution in [0.2, 0.25) is 0 Å². The molecular weight excluding hydrogens is 342 g/mol. The van der Waals surface area contributed by atoms with Crippen molar-refractivity contribution in [3.63, 3.8) is 0 Å². The zero-order valence-corrected chi connectivity index (χ0v) is 16.5. The molecule has 6 nitrogen and oxygen atoms in total. The van der Waals surface area contributed by atoms with Crippen LogP contribution in [0.5, 0.6) is 0 Å². The quantitative estimate of drug-likeness (QED) is 0.851. The number of benzene rings is 1. The Kier molecular flexibility index (Phi) is 6.55. The monoisotopic (exact) mass is 369 g/mol. The van der Waals surface area contributed by atoms with Gasteiger partial charge in [0.1, 0.15) is 12.1 Å². The van der Waals surface area contributed by atoms with E-state index in [9.17, 15) is 14.4 Å². The van der Waals surface area contributed by atoms with Crippen molar-refractivity contribution < 1.29 is 9.59 Å². The Morgan fingerprint density at radius 3 is 2.19 bits per heavy atom. The van der Waals surface area contributed by atoms with Crippen LogP contribution in [0.15, 0.2) is 47.4 Å². The van der Waals surface area contributed by atoms with E-state index in [2.05, 4.69) is 19.2 Å². The molecule has 27 heavy (non-hydrogen) atoms. The van der Waals surface area contributed by atoms with E-state index in [1.807, 2.05) is 31.2 Å².